The smallest absolute Gasteiger partial charge is 0.311 e. The number of esters is 1. The Hall–Kier alpha value is -2.57. The summed E-state index contributed by atoms with van der Waals surface area (Å²) < 4.78 is 10.1. The van der Waals surface area contributed by atoms with Crippen molar-refractivity contribution in [3.8, 4) is 5.75 Å². The summed E-state index contributed by atoms with van der Waals surface area (Å²) >= 11 is 0. The number of carbonyl (C=O) groups excluding carboxylic acids is 3. The number of amides is 2. The third-order valence-electron chi connectivity index (χ3n) is 4.56. The fourth-order valence-electron chi connectivity index (χ4n) is 2.96. The highest BCUT2D eigenvalue weighted by atomic mass is 16.5. The van der Waals surface area contributed by atoms with Gasteiger partial charge in [-0.15, -0.1) is 0 Å². The molecule has 7 heteroatoms. The van der Waals surface area contributed by atoms with E-state index in [1.54, 1.807) is 26.2 Å². The molecule has 26 heavy (non-hydrogen) atoms. The van der Waals surface area contributed by atoms with Crippen LogP contribution >= 0.6 is 0 Å². The van der Waals surface area contributed by atoms with E-state index in [2.05, 4.69) is 5.32 Å². The van der Waals surface area contributed by atoms with Crippen molar-refractivity contribution in [2.45, 2.75) is 32.7 Å². The Labute approximate surface area is 153 Å². The zero-order valence-electron chi connectivity index (χ0n) is 15.5. The lowest BCUT2D eigenvalue weighted by Gasteiger charge is -2.30. The first-order chi connectivity index (χ1) is 12.5. The van der Waals surface area contributed by atoms with Crippen molar-refractivity contribution in [3.63, 3.8) is 0 Å². The number of piperidine rings is 1. The van der Waals surface area contributed by atoms with E-state index in [1.165, 1.54) is 4.90 Å². The molecule has 1 aliphatic heterocycles. The van der Waals surface area contributed by atoms with Gasteiger partial charge in [0.25, 0.3) is 0 Å². The molecule has 0 spiro atoms. The van der Waals surface area contributed by atoms with Gasteiger partial charge in [-0.1, -0.05) is 12.1 Å². The number of ether oxygens (including phenoxy) is 2. The molecule has 0 aliphatic carbocycles. The molecule has 1 fully saturated rings. The van der Waals surface area contributed by atoms with Gasteiger partial charge in [-0.25, -0.2) is 0 Å². The second kappa shape index (κ2) is 9.22. The van der Waals surface area contributed by atoms with Crippen LogP contribution in [0.15, 0.2) is 24.3 Å². The van der Waals surface area contributed by atoms with E-state index in [1.807, 2.05) is 19.1 Å². The Bertz CT molecular complexity index is 636. The van der Waals surface area contributed by atoms with Gasteiger partial charge >= 0.3 is 17.8 Å². The minimum absolute atomic E-state index is 0.194. The Morgan fingerprint density at radius 3 is 2.35 bits per heavy atom. The fourth-order valence-corrected chi connectivity index (χ4v) is 2.96. The molecule has 2 amide bonds. The molecule has 2 rings (SSSR count). The van der Waals surface area contributed by atoms with Gasteiger partial charge in [0.1, 0.15) is 5.75 Å². The maximum atomic E-state index is 12.3. The second-order valence-electron chi connectivity index (χ2n) is 6.29. The normalized spacial score (nSPS) is 15.9. The maximum Gasteiger partial charge on any atom is 0.311 e. The molecule has 0 radical (unpaired) electrons. The number of benzene rings is 1. The Morgan fingerprint density at radius 2 is 1.81 bits per heavy atom. The van der Waals surface area contributed by atoms with E-state index < -0.39 is 11.8 Å². The van der Waals surface area contributed by atoms with Gasteiger partial charge in [-0.2, -0.15) is 0 Å². The zero-order chi connectivity index (χ0) is 19.1. The fraction of sp³-hybridized carbons (Fsp3) is 0.526. The van der Waals surface area contributed by atoms with Crippen LogP contribution < -0.4 is 10.1 Å². The van der Waals surface area contributed by atoms with Crippen LogP contribution in [-0.4, -0.2) is 49.5 Å². The SMILES string of the molecule is CCOC(=O)C1CCN(C(=O)C(=O)NC(C)c2ccc(OC)cc2)CC1. The quantitative estimate of drug-likeness (QED) is 0.636. The molecule has 7 nitrogen and oxygen atoms in total. The van der Waals surface area contributed by atoms with Gasteiger partial charge in [0.15, 0.2) is 0 Å². The molecular weight excluding hydrogens is 336 g/mol. The first-order valence-electron chi connectivity index (χ1n) is 8.86. The summed E-state index contributed by atoms with van der Waals surface area (Å²) in [6, 6.07) is 7.01. The molecule has 1 aliphatic rings. The minimum Gasteiger partial charge on any atom is -0.497 e. The zero-order valence-corrected chi connectivity index (χ0v) is 15.5. The van der Waals surface area contributed by atoms with E-state index in [0.717, 1.165) is 11.3 Å². The van der Waals surface area contributed by atoms with Crippen LogP contribution in [0.5, 0.6) is 5.75 Å². The Kier molecular flexibility index (Phi) is 7.00. The lowest BCUT2D eigenvalue weighted by molar-refractivity contribution is -0.152. The lowest BCUT2D eigenvalue weighted by atomic mass is 9.97. The highest BCUT2D eigenvalue weighted by molar-refractivity contribution is 6.35. The molecule has 0 saturated carbocycles. The predicted molar refractivity (Wildman–Crippen MR) is 95.5 cm³/mol. The van der Waals surface area contributed by atoms with Crippen LogP contribution in [-0.2, 0) is 19.1 Å². The van der Waals surface area contributed by atoms with Gasteiger partial charge in [-0.05, 0) is 44.4 Å². The van der Waals surface area contributed by atoms with Gasteiger partial charge in [0, 0.05) is 13.1 Å². The Balaban J connectivity index is 1.85. The molecule has 1 aromatic rings. The third-order valence-corrected chi connectivity index (χ3v) is 4.56. The summed E-state index contributed by atoms with van der Waals surface area (Å²) in [6.45, 7) is 4.70. The predicted octanol–water partition coefficient (Wildman–Crippen LogP) is 1.67. The van der Waals surface area contributed by atoms with E-state index >= 15 is 0 Å². The summed E-state index contributed by atoms with van der Waals surface area (Å²) in [5.41, 5.74) is 0.882. The highest BCUT2D eigenvalue weighted by Gasteiger charge is 2.31. The van der Waals surface area contributed by atoms with E-state index in [4.69, 9.17) is 9.47 Å². The maximum absolute atomic E-state index is 12.3. The van der Waals surface area contributed by atoms with E-state index in [9.17, 15) is 14.4 Å². The van der Waals surface area contributed by atoms with Crippen molar-refractivity contribution < 1.29 is 23.9 Å². The van der Waals surface area contributed by atoms with Crippen LogP contribution in [0.4, 0.5) is 0 Å². The Morgan fingerprint density at radius 1 is 1.19 bits per heavy atom. The molecule has 142 valence electrons. The molecular formula is C19H26N2O5. The topological polar surface area (TPSA) is 84.9 Å². The summed E-state index contributed by atoms with van der Waals surface area (Å²) in [5, 5.41) is 2.72. The van der Waals surface area contributed by atoms with Crippen LogP contribution in [0.25, 0.3) is 0 Å². The number of carbonyl (C=O) groups is 3. The molecule has 1 atom stereocenters. The van der Waals surface area contributed by atoms with Gasteiger partial charge in [0.2, 0.25) is 0 Å². The molecule has 0 bridgehead atoms. The number of nitrogens with one attached hydrogen (secondary N) is 1. The first kappa shape index (κ1) is 19.8. The summed E-state index contributed by atoms with van der Waals surface area (Å²) in [6.07, 6.45) is 1.04. The number of methoxy groups -OCH3 is 1. The molecule has 0 aromatic heterocycles. The second-order valence-corrected chi connectivity index (χ2v) is 6.29. The van der Waals surface area contributed by atoms with Crippen molar-refractivity contribution in [2.75, 3.05) is 26.8 Å². The number of rotatable bonds is 5. The minimum atomic E-state index is -0.636. The van der Waals surface area contributed by atoms with Gasteiger partial charge in [-0.3, -0.25) is 14.4 Å². The summed E-state index contributed by atoms with van der Waals surface area (Å²) in [5.74, 6) is -0.888. The summed E-state index contributed by atoms with van der Waals surface area (Å²) in [7, 11) is 1.59. The molecule has 1 heterocycles. The van der Waals surface area contributed by atoms with Crippen molar-refractivity contribution in [3.05, 3.63) is 29.8 Å². The van der Waals surface area contributed by atoms with Gasteiger partial charge < -0.3 is 19.7 Å². The number of hydrogen-bond donors (Lipinski definition) is 1. The van der Waals surface area contributed by atoms with Gasteiger partial charge in [0.05, 0.1) is 25.7 Å². The van der Waals surface area contributed by atoms with Crippen molar-refractivity contribution in [1.29, 1.82) is 0 Å². The molecule has 1 unspecified atom stereocenters. The number of nitrogens with zero attached hydrogens (tertiary/aromatic N) is 1. The molecule has 1 aromatic carbocycles. The third kappa shape index (κ3) is 4.97. The standard InChI is InChI=1S/C19H26N2O5/c1-4-26-19(24)15-9-11-21(12-10-15)18(23)17(22)20-13(2)14-5-7-16(25-3)8-6-14/h5-8,13,15H,4,9-12H2,1-3H3,(H,20,22). The number of likely N-dealkylation sites (tertiary alicyclic amines) is 1. The number of hydrogen-bond acceptors (Lipinski definition) is 5. The van der Waals surface area contributed by atoms with Crippen LogP contribution in [0.1, 0.15) is 38.3 Å². The largest absolute Gasteiger partial charge is 0.497 e. The van der Waals surface area contributed by atoms with Crippen LogP contribution in [0.3, 0.4) is 0 Å². The highest BCUT2D eigenvalue weighted by Crippen LogP contribution is 2.20. The van der Waals surface area contributed by atoms with Crippen molar-refractivity contribution in [1.82, 2.24) is 10.2 Å². The van der Waals surface area contributed by atoms with Crippen LogP contribution in [0.2, 0.25) is 0 Å². The molecule has 1 N–H and O–H groups in total. The van der Waals surface area contributed by atoms with Crippen molar-refractivity contribution >= 4 is 17.8 Å². The average Bonchev–Trinajstić information content (AvgIpc) is 2.67. The van der Waals surface area contributed by atoms with E-state index in [0.29, 0.717) is 32.5 Å². The monoisotopic (exact) mass is 362 g/mol. The molecule has 1 saturated heterocycles. The average molecular weight is 362 g/mol. The first-order valence-corrected chi connectivity index (χ1v) is 8.86. The van der Waals surface area contributed by atoms with Crippen molar-refractivity contribution in [2.24, 2.45) is 5.92 Å². The summed E-state index contributed by atoms with van der Waals surface area (Å²) in [4.78, 5) is 37.8. The van der Waals surface area contributed by atoms with Crippen LogP contribution in [0, 0.1) is 5.92 Å². The van der Waals surface area contributed by atoms with E-state index in [-0.39, 0.29) is 17.9 Å². The lowest BCUT2D eigenvalue weighted by Crippen LogP contribution is -2.47.